The van der Waals surface area contributed by atoms with E-state index in [0.717, 1.165) is 5.56 Å². The van der Waals surface area contributed by atoms with Gasteiger partial charge in [0.15, 0.2) is 0 Å². The number of non-ortho nitro benzene ring substituents is 1. The van der Waals surface area contributed by atoms with Crippen LogP contribution in [-0.2, 0) is 0 Å². The van der Waals surface area contributed by atoms with Gasteiger partial charge in [0.05, 0.1) is 10.6 Å². The van der Waals surface area contributed by atoms with Gasteiger partial charge >= 0.3 is 0 Å². The van der Waals surface area contributed by atoms with Crippen LogP contribution < -0.4 is 5.73 Å². The Hall–Kier alpha value is -2.89. The zero-order valence-corrected chi connectivity index (χ0v) is 11.9. The lowest BCUT2D eigenvalue weighted by Gasteiger charge is -2.13. The molecule has 0 atom stereocenters. The van der Waals surface area contributed by atoms with Crippen molar-refractivity contribution in [3.63, 3.8) is 0 Å². The molecule has 0 aliphatic carbocycles. The van der Waals surface area contributed by atoms with Crippen molar-refractivity contribution in [1.29, 1.82) is 0 Å². The van der Waals surface area contributed by atoms with Crippen LogP contribution in [0.15, 0.2) is 53.6 Å². The van der Waals surface area contributed by atoms with E-state index in [9.17, 15) is 10.1 Å². The number of nitro benzene ring substituents is 1. The molecule has 0 unspecified atom stereocenters. The van der Waals surface area contributed by atoms with E-state index in [1.54, 1.807) is 19.1 Å². The predicted molar refractivity (Wildman–Crippen MR) is 83.3 cm³/mol. The summed E-state index contributed by atoms with van der Waals surface area (Å²) in [5, 5.41) is 17.0. The van der Waals surface area contributed by atoms with Crippen molar-refractivity contribution < 1.29 is 4.92 Å². The largest absolute Gasteiger partial charge is 0.398 e. The highest BCUT2D eigenvalue weighted by Gasteiger charge is 2.15. The lowest BCUT2D eigenvalue weighted by molar-refractivity contribution is -0.384. The number of hydrazone groups is 1. The lowest BCUT2D eigenvalue weighted by Crippen LogP contribution is -2.13. The van der Waals surface area contributed by atoms with Gasteiger partial charge < -0.3 is 10.7 Å². The number of rotatable bonds is 4. The van der Waals surface area contributed by atoms with Crippen LogP contribution in [-0.4, -0.2) is 29.7 Å². The van der Waals surface area contributed by atoms with E-state index in [0.29, 0.717) is 17.0 Å². The molecule has 0 saturated carbocycles. The maximum absolute atomic E-state index is 11.0. The van der Waals surface area contributed by atoms with Crippen LogP contribution in [0.3, 0.4) is 0 Å². The van der Waals surface area contributed by atoms with Gasteiger partial charge in [-0.2, -0.15) is 5.10 Å². The Kier molecular flexibility index (Phi) is 4.18. The molecule has 0 saturated heterocycles. The summed E-state index contributed by atoms with van der Waals surface area (Å²) in [6, 6.07) is 13.8. The number of nitrogens with two attached hydrogens (primary N) is 1. The fourth-order valence-electron chi connectivity index (χ4n) is 1.93. The summed E-state index contributed by atoms with van der Waals surface area (Å²) >= 11 is 0. The molecule has 0 heterocycles. The van der Waals surface area contributed by atoms with Crippen LogP contribution in [0.2, 0.25) is 0 Å². The molecule has 0 bridgehead atoms. The zero-order chi connectivity index (χ0) is 15.4. The Labute approximate surface area is 122 Å². The number of nitrogen functional groups attached to an aromatic ring is 1. The molecule has 0 aliphatic rings. The highest BCUT2D eigenvalue weighted by molar-refractivity contribution is 6.15. The quantitative estimate of drug-likeness (QED) is 0.404. The molecule has 0 amide bonds. The highest BCUT2D eigenvalue weighted by Crippen LogP contribution is 2.23. The van der Waals surface area contributed by atoms with Gasteiger partial charge in [-0.3, -0.25) is 10.1 Å². The second kappa shape index (κ2) is 6.04. The average molecular weight is 284 g/mol. The molecule has 2 aromatic rings. The fraction of sp³-hybridized carbons (Fsp3) is 0.133. The summed E-state index contributed by atoms with van der Waals surface area (Å²) in [6.07, 6.45) is 0. The Bertz CT molecular complexity index is 681. The second-order valence-corrected chi connectivity index (χ2v) is 4.69. The van der Waals surface area contributed by atoms with E-state index in [-0.39, 0.29) is 5.69 Å². The Morgan fingerprint density at radius 2 is 1.86 bits per heavy atom. The average Bonchev–Trinajstić information content (AvgIpc) is 2.46. The maximum Gasteiger partial charge on any atom is 0.270 e. The molecule has 108 valence electrons. The first-order chi connectivity index (χ1) is 9.99. The summed E-state index contributed by atoms with van der Waals surface area (Å²) in [5.41, 5.74) is 8.41. The first kappa shape index (κ1) is 14.5. The summed E-state index contributed by atoms with van der Waals surface area (Å²) in [6.45, 7) is 0. The van der Waals surface area contributed by atoms with Gasteiger partial charge in [0.1, 0.15) is 0 Å². The Morgan fingerprint density at radius 1 is 1.19 bits per heavy atom. The van der Waals surface area contributed by atoms with Crippen molar-refractivity contribution in [1.82, 2.24) is 5.01 Å². The summed E-state index contributed by atoms with van der Waals surface area (Å²) in [5.74, 6) is 0. The predicted octanol–water partition coefficient (Wildman–Crippen LogP) is 2.49. The number of anilines is 1. The van der Waals surface area contributed by atoms with Gasteiger partial charge in [-0.05, 0) is 6.07 Å². The van der Waals surface area contributed by atoms with Gasteiger partial charge in [0, 0.05) is 43.0 Å². The smallest absolute Gasteiger partial charge is 0.270 e. The fourth-order valence-corrected chi connectivity index (χ4v) is 1.93. The SMILES string of the molecule is CN(C)N=C(c1ccccc1)c1cc([N+](=O)[O-])ccc1N. The summed E-state index contributed by atoms with van der Waals surface area (Å²) in [7, 11) is 3.58. The molecule has 0 aliphatic heterocycles. The van der Waals surface area contributed by atoms with E-state index in [1.807, 2.05) is 30.3 Å². The van der Waals surface area contributed by atoms with Crippen LogP contribution in [0.1, 0.15) is 11.1 Å². The van der Waals surface area contributed by atoms with E-state index in [1.165, 1.54) is 18.2 Å². The third-order valence-corrected chi connectivity index (χ3v) is 2.85. The number of benzene rings is 2. The monoisotopic (exact) mass is 284 g/mol. The van der Waals surface area contributed by atoms with E-state index >= 15 is 0 Å². The molecule has 0 aromatic heterocycles. The van der Waals surface area contributed by atoms with Gasteiger partial charge in [-0.1, -0.05) is 30.3 Å². The van der Waals surface area contributed by atoms with Crippen molar-refractivity contribution in [2.24, 2.45) is 5.10 Å². The van der Waals surface area contributed by atoms with Crippen LogP contribution in [0, 0.1) is 10.1 Å². The second-order valence-electron chi connectivity index (χ2n) is 4.69. The Balaban J connectivity index is 2.63. The maximum atomic E-state index is 11.0. The van der Waals surface area contributed by atoms with Crippen molar-refractivity contribution in [3.05, 3.63) is 69.8 Å². The molecule has 6 heteroatoms. The third-order valence-electron chi connectivity index (χ3n) is 2.85. The number of nitro groups is 1. The zero-order valence-electron chi connectivity index (χ0n) is 11.9. The van der Waals surface area contributed by atoms with Gasteiger partial charge in [0.25, 0.3) is 5.69 Å². The first-order valence-corrected chi connectivity index (χ1v) is 6.34. The Morgan fingerprint density at radius 3 is 2.43 bits per heavy atom. The summed E-state index contributed by atoms with van der Waals surface area (Å²) in [4.78, 5) is 10.5. The van der Waals surface area contributed by atoms with E-state index < -0.39 is 4.92 Å². The van der Waals surface area contributed by atoms with Crippen LogP contribution in [0.4, 0.5) is 11.4 Å². The first-order valence-electron chi connectivity index (χ1n) is 6.34. The van der Waals surface area contributed by atoms with Crippen molar-refractivity contribution in [2.45, 2.75) is 0 Å². The molecule has 2 rings (SSSR count). The molecule has 0 radical (unpaired) electrons. The van der Waals surface area contributed by atoms with Crippen molar-refractivity contribution >= 4 is 17.1 Å². The number of hydrogen-bond acceptors (Lipinski definition) is 5. The molecule has 2 aromatic carbocycles. The molecule has 2 N–H and O–H groups in total. The van der Waals surface area contributed by atoms with Crippen molar-refractivity contribution in [2.75, 3.05) is 19.8 Å². The minimum atomic E-state index is -0.443. The number of hydrogen-bond donors (Lipinski definition) is 1. The molecular weight excluding hydrogens is 268 g/mol. The number of nitrogens with zero attached hydrogens (tertiary/aromatic N) is 3. The molecular formula is C15H16N4O2. The third kappa shape index (κ3) is 3.36. The van der Waals surface area contributed by atoms with E-state index in [2.05, 4.69) is 5.10 Å². The van der Waals surface area contributed by atoms with Crippen molar-refractivity contribution in [3.8, 4) is 0 Å². The minimum Gasteiger partial charge on any atom is -0.398 e. The minimum absolute atomic E-state index is 0.0124. The normalized spacial score (nSPS) is 11.2. The topological polar surface area (TPSA) is 84.8 Å². The van der Waals surface area contributed by atoms with Gasteiger partial charge in [-0.25, -0.2) is 0 Å². The van der Waals surface area contributed by atoms with Crippen LogP contribution in [0.25, 0.3) is 0 Å². The lowest BCUT2D eigenvalue weighted by atomic mass is 10.0. The van der Waals surface area contributed by atoms with Crippen LogP contribution in [0.5, 0.6) is 0 Å². The molecule has 0 fully saturated rings. The van der Waals surface area contributed by atoms with Gasteiger partial charge in [0.2, 0.25) is 0 Å². The molecule has 21 heavy (non-hydrogen) atoms. The van der Waals surface area contributed by atoms with E-state index in [4.69, 9.17) is 5.73 Å². The standard InChI is InChI=1S/C15H16N4O2/c1-18(2)17-15(11-6-4-3-5-7-11)13-10-12(19(20)21)8-9-14(13)16/h3-10H,16H2,1-2H3. The molecule has 6 nitrogen and oxygen atoms in total. The summed E-state index contributed by atoms with van der Waals surface area (Å²) < 4.78 is 0. The molecule has 0 spiro atoms. The van der Waals surface area contributed by atoms with Gasteiger partial charge in [-0.15, -0.1) is 0 Å². The highest BCUT2D eigenvalue weighted by atomic mass is 16.6. The van der Waals surface area contributed by atoms with Crippen LogP contribution >= 0.6 is 0 Å².